The van der Waals surface area contributed by atoms with Crippen LogP contribution in [0, 0.1) is 6.92 Å². The van der Waals surface area contributed by atoms with Gasteiger partial charge in [0.15, 0.2) is 11.5 Å². The Hall–Kier alpha value is -2.86. The summed E-state index contributed by atoms with van der Waals surface area (Å²) in [5, 5.41) is 0. The number of aromatic nitrogens is 2. The molecule has 6 heteroatoms. The van der Waals surface area contributed by atoms with Gasteiger partial charge in [0.05, 0.1) is 20.8 Å². The van der Waals surface area contributed by atoms with Crippen molar-refractivity contribution in [2.24, 2.45) is 0 Å². The number of quaternary nitrogens is 1. The third-order valence-corrected chi connectivity index (χ3v) is 5.19. The van der Waals surface area contributed by atoms with Crippen molar-refractivity contribution in [2.45, 2.75) is 26.4 Å². The van der Waals surface area contributed by atoms with Crippen LogP contribution in [0.4, 0.5) is 0 Å². The van der Waals surface area contributed by atoms with Gasteiger partial charge in [-0.3, -0.25) is 9.20 Å². The Balaban J connectivity index is 1.59. The first-order valence-corrected chi connectivity index (χ1v) is 9.13. The third kappa shape index (κ3) is 3.40. The summed E-state index contributed by atoms with van der Waals surface area (Å²) in [5.41, 5.74) is 5.12. The van der Waals surface area contributed by atoms with Gasteiger partial charge in [0.1, 0.15) is 24.4 Å². The van der Waals surface area contributed by atoms with E-state index in [9.17, 15) is 4.79 Å². The summed E-state index contributed by atoms with van der Waals surface area (Å²) in [6.07, 6.45) is 2.80. The molecule has 0 amide bonds. The topological polar surface area (TPSA) is 57.3 Å². The molecule has 4 rings (SSSR count). The van der Waals surface area contributed by atoms with Gasteiger partial charge in [-0.1, -0.05) is 6.07 Å². The lowest BCUT2D eigenvalue weighted by molar-refractivity contribution is -0.929. The Morgan fingerprint density at radius 2 is 1.85 bits per heavy atom. The van der Waals surface area contributed by atoms with Gasteiger partial charge in [-0.2, -0.15) is 0 Å². The van der Waals surface area contributed by atoms with Crippen molar-refractivity contribution in [2.75, 3.05) is 20.8 Å². The van der Waals surface area contributed by atoms with Crippen LogP contribution in [0.1, 0.15) is 22.4 Å². The van der Waals surface area contributed by atoms with Gasteiger partial charge in [-0.25, -0.2) is 4.98 Å². The number of fused-ring (bicyclic) bond motifs is 2. The van der Waals surface area contributed by atoms with Crippen LogP contribution >= 0.6 is 0 Å². The summed E-state index contributed by atoms with van der Waals surface area (Å²) < 4.78 is 12.5. The number of nitrogens with zero attached hydrogens (tertiary/aromatic N) is 2. The summed E-state index contributed by atoms with van der Waals surface area (Å²) in [6, 6.07) is 9.68. The fraction of sp³-hybridized carbons (Fsp3) is 0.333. The van der Waals surface area contributed by atoms with Crippen LogP contribution in [0.25, 0.3) is 5.65 Å². The van der Waals surface area contributed by atoms with Crippen molar-refractivity contribution in [1.29, 1.82) is 0 Å². The number of hydrogen-bond donors (Lipinski definition) is 1. The second-order valence-corrected chi connectivity index (χ2v) is 7.10. The molecule has 1 aliphatic rings. The van der Waals surface area contributed by atoms with Crippen LogP contribution < -0.4 is 19.9 Å². The first-order valence-electron chi connectivity index (χ1n) is 9.13. The quantitative estimate of drug-likeness (QED) is 0.753. The number of ether oxygens (including phenoxy) is 2. The van der Waals surface area contributed by atoms with Crippen molar-refractivity contribution < 1.29 is 14.4 Å². The van der Waals surface area contributed by atoms with E-state index in [1.165, 1.54) is 16.0 Å². The van der Waals surface area contributed by atoms with Gasteiger partial charge in [0, 0.05) is 24.2 Å². The van der Waals surface area contributed by atoms with Crippen LogP contribution in [-0.2, 0) is 19.5 Å². The second kappa shape index (κ2) is 7.04. The molecule has 0 radical (unpaired) electrons. The SMILES string of the molecule is COc1cc2c(cc1OC)C[NH+](Cc1cc(=O)n3cc(C)ccc3n1)CC2. The summed E-state index contributed by atoms with van der Waals surface area (Å²) in [6.45, 7) is 4.58. The molecule has 1 unspecified atom stereocenters. The van der Waals surface area contributed by atoms with E-state index in [0.717, 1.165) is 48.8 Å². The number of rotatable bonds is 4. The van der Waals surface area contributed by atoms with Gasteiger partial charge in [-0.05, 0) is 36.2 Å². The number of pyridine rings is 1. The van der Waals surface area contributed by atoms with E-state index in [1.54, 1.807) is 24.7 Å². The summed E-state index contributed by atoms with van der Waals surface area (Å²) >= 11 is 0. The molecule has 0 bridgehead atoms. The number of nitrogens with one attached hydrogen (secondary N) is 1. The molecule has 3 aromatic rings. The number of methoxy groups -OCH3 is 2. The highest BCUT2D eigenvalue weighted by atomic mass is 16.5. The van der Waals surface area contributed by atoms with E-state index in [4.69, 9.17) is 9.47 Å². The number of hydrogen-bond acceptors (Lipinski definition) is 4. The van der Waals surface area contributed by atoms with Crippen molar-refractivity contribution in [3.05, 3.63) is 69.3 Å². The summed E-state index contributed by atoms with van der Waals surface area (Å²) in [7, 11) is 3.32. The van der Waals surface area contributed by atoms with Crippen LogP contribution in [0.5, 0.6) is 11.5 Å². The molecule has 0 saturated carbocycles. The highest BCUT2D eigenvalue weighted by Crippen LogP contribution is 2.31. The minimum Gasteiger partial charge on any atom is -0.493 e. The highest BCUT2D eigenvalue weighted by molar-refractivity contribution is 5.47. The van der Waals surface area contributed by atoms with Crippen LogP contribution in [-0.4, -0.2) is 30.1 Å². The molecule has 0 spiro atoms. The maximum absolute atomic E-state index is 12.4. The van der Waals surface area contributed by atoms with Crippen molar-refractivity contribution in [1.82, 2.24) is 9.38 Å². The second-order valence-electron chi connectivity index (χ2n) is 7.10. The molecule has 1 aliphatic heterocycles. The van der Waals surface area contributed by atoms with Crippen molar-refractivity contribution in [3.63, 3.8) is 0 Å². The molecule has 3 heterocycles. The highest BCUT2D eigenvalue weighted by Gasteiger charge is 2.23. The Morgan fingerprint density at radius 3 is 2.59 bits per heavy atom. The fourth-order valence-electron chi connectivity index (χ4n) is 3.79. The first kappa shape index (κ1) is 17.5. The zero-order valence-corrected chi connectivity index (χ0v) is 15.9. The van der Waals surface area contributed by atoms with Crippen LogP contribution in [0.2, 0.25) is 0 Å². The molecular formula is C21H24N3O3+. The minimum absolute atomic E-state index is 0.0260. The zero-order valence-electron chi connectivity index (χ0n) is 15.9. The average molecular weight is 366 g/mol. The molecule has 2 aromatic heterocycles. The normalized spacial score (nSPS) is 16.2. The van der Waals surface area contributed by atoms with Gasteiger partial charge in [0.25, 0.3) is 5.56 Å². The molecule has 6 nitrogen and oxygen atoms in total. The monoisotopic (exact) mass is 366 g/mol. The van der Waals surface area contributed by atoms with Gasteiger partial charge in [0.2, 0.25) is 0 Å². The van der Waals surface area contributed by atoms with Gasteiger partial charge in [-0.15, -0.1) is 0 Å². The van der Waals surface area contributed by atoms with Crippen molar-refractivity contribution >= 4 is 5.65 Å². The number of aryl methyl sites for hydroxylation is 1. The van der Waals surface area contributed by atoms with Gasteiger partial charge < -0.3 is 14.4 Å². The minimum atomic E-state index is -0.0260. The third-order valence-electron chi connectivity index (χ3n) is 5.19. The summed E-state index contributed by atoms with van der Waals surface area (Å²) in [4.78, 5) is 18.5. The molecule has 0 aliphatic carbocycles. The molecule has 0 fully saturated rings. The van der Waals surface area contributed by atoms with E-state index >= 15 is 0 Å². The lowest BCUT2D eigenvalue weighted by Crippen LogP contribution is -3.10. The fourth-order valence-corrected chi connectivity index (χ4v) is 3.79. The molecular weight excluding hydrogens is 342 g/mol. The molecule has 1 N–H and O–H groups in total. The van der Waals surface area contributed by atoms with E-state index in [-0.39, 0.29) is 5.56 Å². The molecule has 27 heavy (non-hydrogen) atoms. The predicted octanol–water partition coefficient (Wildman–Crippen LogP) is 1.16. The lowest BCUT2D eigenvalue weighted by atomic mass is 9.98. The van der Waals surface area contributed by atoms with Crippen molar-refractivity contribution in [3.8, 4) is 11.5 Å². The molecule has 1 atom stereocenters. The molecule has 0 saturated heterocycles. The van der Waals surface area contributed by atoms with Crippen LogP contribution in [0.15, 0.2) is 41.3 Å². The Kier molecular flexibility index (Phi) is 4.58. The molecule has 140 valence electrons. The maximum Gasteiger partial charge on any atom is 0.258 e. The standard InChI is InChI=1S/C21H23N3O3/c1-14-4-5-20-22-17(10-21(25)24(20)11-14)13-23-7-6-15-8-18(26-2)19(27-3)9-16(15)12-23/h4-5,8-11H,6-7,12-13H2,1-3H3/p+1. The number of benzene rings is 1. The van der Waals surface area contributed by atoms with E-state index < -0.39 is 0 Å². The van der Waals surface area contributed by atoms with E-state index in [2.05, 4.69) is 17.1 Å². The zero-order chi connectivity index (χ0) is 19.0. The average Bonchev–Trinajstić information content (AvgIpc) is 2.67. The summed E-state index contributed by atoms with van der Waals surface area (Å²) in [5.74, 6) is 1.54. The lowest BCUT2D eigenvalue weighted by Gasteiger charge is -2.26. The van der Waals surface area contributed by atoms with Gasteiger partial charge >= 0.3 is 0 Å². The maximum atomic E-state index is 12.4. The van der Waals surface area contributed by atoms with Crippen LogP contribution in [0.3, 0.4) is 0 Å². The predicted molar refractivity (Wildman–Crippen MR) is 103 cm³/mol. The largest absolute Gasteiger partial charge is 0.493 e. The Labute approximate surface area is 158 Å². The Bertz CT molecular complexity index is 1060. The first-order chi connectivity index (χ1) is 13.1. The molecule has 1 aromatic carbocycles. The smallest absolute Gasteiger partial charge is 0.258 e. The van der Waals surface area contributed by atoms with E-state index in [0.29, 0.717) is 5.65 Å². The Morgan fingerprint density at radius 1 is 1.11 bits per heavy atom. The van der Waals surface area contributed by atoms with E-state index in [1.807, 2.05) is 25.3 Å².